The second-order valence-corrected chi connectivity index (χ2v) is 4.30. The van der Waals surface area contributed by atoms with Crippen LogP contribution in [-0.2, 0) is 9.47 Å². The summed E-state index contributed by atoms with van der Waals surface area (Å²) in [5.74, 6) is 0. The van der Waals surface area contributed by atoms with Crippen LogP contribution in [0, 0.1) is 0 Å². The van der Waals surface area contributed by atoms with Crippen LogP contribution < -0.4 is 0 Å². The number of hydrogen-bond acceptors (Lipinski definition) is 9. The first-order chi connectivity index (χ1) is 8.96. The zero-order valence-electron chi connectivity index (χ0n) is 10.1. The van der Waals surface area contributed by atoms with E-state index in [-0.39, 0.29) is 0 Å². The molecule has 1 fully saturated rings. The molecule has 0 radical (unpaired) electrons. The van der Waals surface area contributed by atoms with Crippen LogP contribution in [0.1, 0.15) is 0 Å². The highest BCUT2D eigenvalue weighted by molar-refractivity contribution is 4.89. The molecule has 7 N–H and O–H groups in total. The van der Waals surface area contributed by atoms with Gasteiger partial charge in [-0.3, -0.25) is 0 Å². The quantitative estimate of drug-likeness (QED) is 0.255. The summed E-state index contributed by atoms with van der Waals surface area (Å²) in [6.45, 7) is -1.95. The first-order valence-electron chi connectivity index (χ1n) is 5.82. The van der Waals surface area contributed by atoms with Gasteiger partial charge in [0.15, 0.2) is 6.29 Å². The predicted molar refractivity (Wildman–Crippen MR) is 58.8 cm³/mol. The lowest BCUT2D eigenvalue weighted by Gasteiger charge is -2.41. The number of aliphatic hydroxyl groups excluding tert-OH is 7. The molecule has 0 amide bonds. The van der Waals surface area contributed by atoms with Crippen molar-refractivity contribution < 1.29 is 45.2 Å². The monoisotopic (exact) mass is 284 g/mol. The summed E-state index contributed by atoms with van der Waals surface area (Å²) in [4.78, 5) is 0. The van der Waals surface area contributed by atoms with Crippen molar-refractivity contribution >= 4 is 0 Å². The Labute approximate surface area is 109 Å². The Balaban J connectivity index is 2.70. The van der Waals surface area contributed by atoms with Gasteiger partial charge in [-0.1, -0.05) is 0 Å². The molecule has 114 valence electrons. The minimum absolute atomic E-state index is 0.614. The fraction of sp³-hybridized carbons (Fsp3) is 1.00. The van der Waals surface area contributed by atoms with Gasteiger partial charge in [0.25, 0.3) is 0 Å². The van der Waals surface area contributed by atoms with Crippen molar-refractivity contribution in [1.82, 2.24) is 0 Å². The highest BCUT2D eigenvalue weighted by Crippen LogP contribution is 2.23. The molecule has 0 saturated carbocycles. The average molecular weight is 284 g/mol. The summed E-state index contributed by atoms with van der Waals surface area (Å²) in [6, 6.07) is 0. The molecule has 0 aromatic heterocycles. The van der Waals surface area contributed by atoms with E-state index in [0.29, 0.717) is 0 Å². The molecule has 0 aliphatic carbocycles. The first-order valence-corrected chi connectivity index (χ1v) is 5.82. The molecular formula is C10H20O9. The van der Waals surface area contributed by atoms with Gasteiger partial charge in [-0.15, -0.1) is 0 Å². The van der Waals surface area contributed by atoms with Gasteiger partial charge in [-0.25, -0.2) is 0 Å². The van der Waals surface area contributed by atoms with E-state index < -0.39 is 62.7 Å². The van der Waals surface area contributed by atoms with Crippen LogP contribution in [-0.4, -0.2) is 98.5 Å². The lowest BCUT2D eigenvalue weighted by Crippen LogP contribution is -2.60. The molecule has 1 aliphatic heterocycles. The second kappa shape index (κ2) is 7.43. The molecule has 1 heterocycles. The van der Waals surface area contributed by atoms with Crippen molar-refractivity contribution in [2.24, 2.45) is 0 Å². The van der Waals surface area contributed by atoms with Crippen molar-refractivity contribution in [3.05, 3.63) is 0 Å². The van der Waals surface area contributed by atoms with Gasteiger partial charge in [0.1, 0.15) is 36.6 Å². The van der Waals surface area contributed by atoms with Gasteiger partial charge >= 0.3 is 0 Å². The van der Waals surface area contributed by atoms with Crippen LogP contribution >= 0.6 is 0 Å². The third-order valence-electron chi connectivity index (χ3n) is 2.95. The van der Waals surface area contributed by atoms with Crippen LogP contribution in [0.5, 0.6) is 0 Å². The van der Waals surface area contributed by atoms with Gasteiger partial charge in [0.2, 0.25) is 0 Å². The highest BCUT2D eigenvalue weighted by Gasteiger charge is 2.45. The fourth-order valence-electron chi connectivity index (χ4n) is 1.73. The average Bonchev–Trinajstić information content (AvgIpc) is 2.43. The third-order valence-corrected chi connectivity index (χ3v) is 2.95. The summed E-state index contributed by atoms with van der Waals surface area (Å²) < 4.78 is 10.1. The standard InChI is InChI=1S/C10H20O9/c11-1-4(14)5(2-12)18-10-9(17)8(16)7(15)6(3-13)19-10/h4-17H,1-3H2. The second-order valence-electron chi connectivity index (χ2n) is 4.30. The Morgan fingerprint density at radius 2 is 1.58 bits per heavy atom. The maximum atomic E-state index is 9.65. The Hall–Kier alpha value is -0.360. The minimum atomic E-state index is -1.63. The van der Waals surface area contributed by atoms with E-state index in [1.165, 1.54) is 0 Å². The molecular weight excluding hydrogens is 264 g/mol. The van der Waals surface area contributed by atoms with E-state index >= 15 is 0 Å². The smallest absolute Gasteiger partial charge is 0.187 e. The number of rotatable bonds is 6. The van der Waals surface area contributed by atoms with E-state index in [2.05, 4.69) is 0 Å². The lowest BCUT2D eigenvalue weighted by atomic mass is 9.99. The van der Waals surface area contributed by atoms with Crippen LogP contribution in [0.3, 0.4) is 0 Å². The van der Waals surface area contributed by atoms with Crippen LogP contribution in [0.25, 0.3) is 0 Å². The molecule has 7 unspecified atom stereocenters. The SMILES string of the molecule is OCC(O)C(CO)OC1OC(CO)C(O)C(O)C1O. The zero-order valence-corrected chi connectivity index (χ0v) is 10.1. The molecule has 7 atom stereocenters. The van der Waals surface area contributed by atoms with Gasteiger partial charge in [0, 0.05) is 0 Å². The van der Waals surface area contributed by atoms with Crippen LogP contribution in [0.4, 0.5) is 0 Å². The van der Waals surface area contributed by atoms with E-state index in [0.717, 1.165) is 0 Å². The van der Waals surface area contributed by atoms with E-state index in [4.69, 9.17) is 24.8 Å². The summed E-state index contributed by atoms with van der Waals surface area (Å²) in [5, 5.41) is 64.7. The number of hydrogen-bond donors (Lipinski definition) is 7. The number of aliphatic hydroxyl groups is 7. The molecule has 9 heteroatoms. The van der Waals surface area contributed by atoms with Crippen molar-refractivity contribution in [3.8, 4) is 0 Å². The summed E-state index contributed by atoms with van der Waals surface area (Å²) >= 11 is 0. The third kappa shape index (κ3) is 3.81. The summed E-state index contributed by atoms with van der Waals surface area (Å²) in [6.07, 6.45) is -10.0. The molecule has 0 spiro atoms. The molecule has 0 aromatic rings. The van der Waals surface area contributed by atoms with E-state index in [9.17, 15) is 20.4 Å². The van der Waals surface area contributed by atoms with Crippen molar-refractivity contribution in [1.29, 1.82) is 0 Å². The molecule has 0 aromatic carbocycles. The van der Waals surface area contributed by atoms with Gasteiger partial charge < -0.3 is 45.2 Å². The van der Waals surface area contributed by atoms with Gasteiger partial charge in [-0.05, 0) is 0 Å². The van der Waals surface area contributed by atoms with Crippen molar-refractivity contribution in [2.45, 2.75) is 42.9 Å². The van der Waals surface area contributed by atoms with Crippen LogP contribution in [0.15, 0.2) is 0 Å². The van der Waals surface area contributed by atoms with Gasteiger partial charge in [0.05, 0.1) is 19.8 Å². The molecule has 1 saturated heterocycles. The predicted octanol–water partition coefficient (Wildman–Crippen LogP) is -4.48. The summed E-state index contributed by atoms with van der Waals surface area (Å²) in [7, 11) is 0. The number of ether oxygens (including phenoxy) is 2. The van der Waals surface area contributed by atoms with Crippen molar-refractivity contribution in [2.75, 3.05) is 19.8 Å². The van der Waals surface area contributed by atoms with E-state index in [1.807, 2.05) is 0 Å². The lowest BCUT2D eigenvalue weighted by molar-refractivity contribution is -0.319. The minimum Gasteiger partial charge on any atom is -0.394 e. The largest absolute Gasteiger partial charge is 0.394 e. The van der Waals surface area contributed by atoms with Gasteiger partial charge in [-0.2, -0.15) is 0 Å². The Morgan fingerprint density at radius 1 is 0.947 bits per heavy atom. The maximum Gasteiger partial charge on any atom is 0.187 e. The van der Waals surface area contributed by atoms with Crippen molar-refractivity contribution in [3.63, 3.8) is 0 Å². The Kier molecular flexibility index (Phi) is 6.53. The zero-order chi connectivity index (χ0) is 14.6. The highest BCUT2D eigenvalue weighted by atomic mass is 16.7. The molecule has 1 rings (SSSR count). The fourth-order valence-corrected chi connectivity index (χ4v) is 1.73. The Morgan fingerprint density at radius 3 is 2.05 bits per heavy atom. The summed E-state index contributed by atoms with van der Waals surface area (Å²) in [5.41, 5.74) is 0. The molecule has 9 nitrogen and oxygen atoms in total. The molecule has 1 aliphatic rings. The van der Waals surface area contributed by atoms with E-state index in [1.54, 1.807) is 0 Å². The Bertz CT molecular complexity index is 261. The van der Waals surface area contributed by atoms with Crippen LogP contribution in [0.2, 0.25) is 0 Å². The normalized spacial score (nSPS) is 39.0. The maximum absolute atomic E-state index is 9.65. The topological polar surface area (TPSA) is 160 Å². The molecule has 0 bridgehead atoms. The first kappa shape index (κ1) is 16.7. The molecule has 19 heavy (non-hydrogen) atoms.